The third kappa shape index (κ3) is 5.36. The highest BCUT2D eigenvalue weighted by atomic mass is 35.5. The van der Waals surface area contributed by atoms with Gasteiger partial charge in [-0.2, -0.15) is 0 Å². The van der Waals surface area contributed by atoms with Gasteiger partial charge in [0.1, 0.15) is 6.10 Å². The minimum Gasteiger partial charge on any atom is -0.470 e. The van der Waals surface area contributed by atoms with E-state index in [0.29, 0.717) is 43.5 Å². The Bertz CT molecular complexity index is 1310. The summed E-state index contributed by atoms with van der Waals surface area (Å²) in [6, 6.07) is 14.3. The molecule has 1 aliphatic rings. The number of halogens is 3. The minimum atomic E-state index is -0.541. The van der Waals surface area contributed by atoms with Gasteiger partial charge in [-0.15, -0.1) is 0 Å². The Hall–Kier alpha value is -3.06. The third-order valence-electron chi connectivity index (χ3n) is 5.00. The molecule has 2 heterocycles. The largest absolute Gasteiger partial charge is 0.470 e. The standard InChI is InChI=1S/C25H19Cl3N2O4/c1-13-9-22(29-23(32)12-33-14(2)31)20-11-19(15-3-5-16(26)6-4-15)24(30-25(20)34-13)18-8-7-17(27)10-21(18)28/h3-11,13H,12H2,1-2H3,(H,29,32). The van der Waals surface area contributed by atoms with Crippen LogP contribution < -0.4 is 10.1 Å². The van der Waals surface area contributed by atoms with Gasteiger partial charge < -0.3 is 14.8 Å². The number of nitrogens with zero attached hydrogens (tertiary/aromatic N) is 1. The minimum absolute atomic E-state index is 0.330. The fraction of sp³-hybridized carbons (Fsp3) is 0.160. The number of nitrogens with one attached hydrogen (secondary N) is 1. The summed E-state index contributed by atoms with van der Waals surface area (Å²) in [7, 11) is 0. The second-order valence-corrected chi connectivity index (χ2v) is 8.88. The van der Waals surface area contributed by atoms with E-state index in [1.807, 2.05) is 25.1 Å². The van der Waals surface area contributed by atoms with Gasteiger partial charge in [0.15, 0.2) is 6.61 Å². The van der Waals surface area contributed by atoms with Crippen molar-refractivity contribution in [2.24, 2.45) is 0 Å². The molecule has 1 N–H and O–H groups in total. The van der Waals surface area contributed by atoms with Crippen molar-refractivity contribution in [3.63, 3.8) is 0 Å². The molecule has 0 saturated heterocycles. The summed E-state index contributed by atoms with van der Waals surface area (Å²) < 4.78 is 10.8. The maximum absolute atomic E-state index is 12.4. The number of esters is 1. The number of hydrogen-bond donors (Lipinski definition) is 1. The number of ether oxygens (including phenoxy) is 2. The van der Waals surface area contributed by atoms with Crippen LogP contribution in [0, 0.1) is 0 Å². The van der Waals surface area contributed by atoms with Crippen molar-refractivity contribution in [1.29, 1.82) is 0 Å². The van der Waals surface area contributed by atoms with Crippen molar-refractivity contribution in [2.75, 3.05) is 6.61 Å². The fourth-order valence-electron chi connectivity index (χ4n) is 3.51. The molecule has 1 atom stereocenters. The lowest BCUT2D eigenvalue weighted by molar-refractivity contribution is -0.146. The van der Waals surface area contributed by atoms with Crippen LogP contribution in [-0.2, 0) is 14.3 Å². The highest BCUT2D eigenvalue weighted by Gasteiger charge is 2.25. The molecular formula is C25H19Cl3N2O4. The summed E-state index contributed by atoms with van der Waals surface area (Å²) >= 11 is 18.7. The molecule has 2 aromatic carbocycles. The Balaban J connectivity index is 1.85. The average molecular weight is 518 g/mol. The molecular weight excluding hydrogens is 499 g/mol. The number of pyridine rings is 1. The first kappa shape index (κ1) is 24.1. The quantitative estimate of drug-likeness (QED) is 0.409. The van der Waals surface area contributed by atoms with Crippen LogP contribution in [0.5, 0.6) is 5.88 Å². The van der Waals surface area contributed by atoms with Crippen molar-refractivity contribution in [1.82, 2.24) is 10.3 Å². The van der Waals surface area contributed by atoms with Crippen molar-refractivity contribution in [3.05, 3.63) is 75.2 Å². The van der Waals surface area contributed by atoms with Crippen LogP contribution in [0.15, 0.2) is 54.6 Å². The Morgan fingerprint density at radius 2 is 1.71 bits per heavy atom. The monoisotopic (exact) mass is 516 g/mol. The van der Waals surface area contributed by atoms with Crippen molar-refractivity contribution < 1.29 is 19.1 Å². The van der Waals surface area contributed by atoms with Crippen LogP contribution in [0.2, 0.25) is 15.1 Å². The Kier molecular flexibility index (Phi) is 7.12. The highest BCUT2D eigenvalue weighted by molar-refractivity contribution is 6.36. The molecule has 0 bridgehead atoms. The van der Waals surface area contributed by atoms with E-state index in [4.69, 9.17) is 49.3 Å². The van der Waals surface area contributed by atoms with Gasteiger partial charge in [0, 0.05) is 28.1 Å². The van der Waals surface area contributed by atoms with E-state index >= 15 is 0 Å². The Labute approximate surface area is 211 Å². The van der Waals surface area contributed by atoms with Crippen molar-refractivity contribution in [2.45, 2.75) is 20.0 Å². The maximum Gasteiger partial charge on any atom is 0.303 e. The summed E-state index contributed by atoms with van der Waals surface area (Å²) in [5.41, 5.74) is 3.92. The second kappa shape index (κ2) is 10.1. The summed E-state index contributed by atoms with van der Waals surface area (Å²) in [5, 5.41) is 4.32. The molecule has 0 spiro atoms. The number of carbonyl (C=O) groups excluding carboxylic acids is 2. The maximum atomic E-state index is 12.4. The number of fused-ring (bicyclic) bond motifs is 1. The van der Waals surface area contributed by atoms with Crippen LogP contribution in [0.3, 0.4) is 0 Å². The zero-order valence-electron chi connectivity index (χ0n) is 18.2. The molecule has 3 aromatic rings. The van der Waals surface area contributed by atoms with Gasteiger partial charge in [-0.05, 0) is 55.0 Å². The zero-order chi connectivity index (χ0) is 24.4. The Morgan fingerprint density at radius 3 is 2.38 bits per heavy atom. The first-order valence-electron chi connectivity index (χ1n) is 10.3. The van der Waals surface area contributed by atoms with E-state index in [0.717, 1.165) is 11.1 Å². The normalized spacial score (nSPS) is 14.5. The van der Waals surface area contributed by atoms with Crippen LogP contribution in [0.25, 0.3) is 28.1 Å². The Morgan fingerprint density at radius 1 is 1.00 bits per heavy atom. The van der Waals surface area contributed by atoms with Gasteiger partial charge >= 0.3 is 5.97 Å². The molecule has 4 rings (SSSR count). The molecule has 9 heteroatoms. The van der Waals surface area contributed by atoms with Crippen LogP contribution in [0.4, 0.5) is 0 Å². The lowest BCUT2D eigenvalue weighted by atomic mass is 9.96. The van der Waals surface area contributed by atoms with E-state index in [2.05, 4.69) is 5.32 Å². The van der Waals surface area contributed by atoms with Gasteiger partial charge in [0.25, 0.3) is 5.91 Å². The fourth-order valence-corrected chi connectivity index (χ4v) is 4.14. The third-order valence-corrected chi connectivity index (χ3v) is 5.80. The predicted molar refractivity (Wildman–Crippen MR) is 133 cm³/mol. The van der Waals surface area contributed by atoms with Crippen LogP contribution in [-0.4, -0.2) is 29.6 Å². The SMILES string of the molecule is CC(=O)OCC(=O)NC1=CC(C)Oc2nc(-c3ccc(Cl)cc3Cl)c(-c3ccc(Cl)cc3)cc21. The number of aromatic nitrogens is 1. The van der Waals surface area contributed by atoms with Crippen molar-refractivity contribution >= 4 is 52.4 Å². The van der Waals surface area contributed by atoms with E-state index in [1.165, 1.54) is 6.92 Å². The second-order valence-electron chi connectivity index (χ2n) is 7.60. The smallest absolute Gasteiger partial charge is 0.303 e. The summed E-state index contributed by atoms with van der Waals surface area (Å²) in [4.78, 5) is 28.2. The van der Waals surface area contributed by atoms with Crippen molar-refractivity contribution in [3.8, 4) is 28.3 Å². The van der Waals surface area contributed by atoms with E-state index < -0.39 is 18.5 Å². The van der Waals surface area contributed by atoms with E-state index in [1.54, 1.807) is 36.4 Å². The van der Waals surface area contributed by atoms with Gasteiger partial charge in [0.2, 0.25) is 5.88 Å². The molecule has 0 aliphatic carbocycles. The van der Waals surface area contributed by atoms with E-state index in [9.17, 15) is 9.59 Å². The molecule has 1 aliphatic heterocycles. The predicted octanol–water partition coefficient (Wildman–Crippen LogP) is 6.18. The molecule has 34 heavy (non-hydrogen) atoms. The lowest BCUT2D eigenvalue weighted by Crippen LogP contribution is -2.30. The summed E-state index contributed by atoms with van der Waals surface area (Å²) in [6.45, 7) is 2.67. The van der Waals surface area contributed by atoms with Gasteiger partial charge in [0.05, 0.1) is 22.0 Å². The average Bonchev–Trinajstić information content (AvgIpc) is 2.77. The van der Waals surface area contributed by atoms with Gasteiger partial charge in [-0.1, -0.05) is 46.9 Å². The zero-order valence-corrected chi connectivity index (χ0v) is 20.5. The molecule has 0 fully saturated rings. The molecule has 1 amide bonds. The number of hydrogen-bond acceptors (Lipinski definition) is 5. The number of amides is 1. The van der Waals surface area contributed by atoms with Gasteiger partial charge in [-0.3, -0.25) is 9.59 Å². The summed E-state index contributed by atoms with van der Waals surface area (Å²) in [6.07, 6.45) is 1.40. The lowest BCUT2D eigenvalue weighted by Gasteiger charge is -2.25. The first-order chi connectivity index (χ1) is 16.2. The molecule has 6 nitrogen and oxygen atoms in total. The summed E-state index contributed by atoms with van der Waals surface area (Å²) in [5.74, 6) is -0.683. The first-order valence-corrected chi connectivity index (χ1v) is 11.4. The number of carbonyl (C=O) groups is 2. The molecule has 0 saturated carbocycles. The number of benzene rings is 2. The van der Waals surface area contributed by atoms with Gasteiger partial charge in [-0.25, -0.2) is 4.98 Å². The molecule has 1 unspecified atom stereocenters. The number of rotatable bonds is 5. The van der Waals surface area contributed by atoms with E-state index in [-0.39, 0.29) is 6.10 Å². The topological polar surface area (TPSA) is 77.5 Å². The van der Waals surface area contributed by atoms with Crippen LogP contribution >= 0.6 is 34.8 Å². The molecule has 0 radical (unpaired) electrons. The van der Waals surface area contributed by atoms with Crippen LogP contribution in [0.1, 0.15) is 19.4 Å². The molecule has 174 valence electrons. The highest BCUT2D eigenvalue weighted by Crippen LogP contribution is 2.41. The molecule has 1 aromatic heterocycles.